The molecule has 4 rings (SSSR count). The number of methoxy groups -OCH3 is 1. The lowest BCUT2D eigenvalue weighted by molar-refractivity contribution is -0.126. The molecular formula is C24H28N4O3. The molecule has 3 aromatic rings. The molecule has 0 saturated carbocycles. The lowest BCUT2D eigenvalue weighted by atomic mass is 9.96. The molecule has 1 saturated heterocycles. The number of piperidine rings is 1. The van der Waals surface area contributed by atoms with E-state index in [4.69, 9.17) is 9.26 Å². The summed E-state index contributed by atoms with van der Waals surface area (Å²) in [5, 5.41) is 7.18. The van der Waals surface area contributed by atoms with Gasteiger partial charge in [0.15, 0.2) is 0 Å². The second-order valence-electron chi connectivity index (χ2n) is 7.82. The summed E-state index contributed by atoms with van der Waals surface area (Å²) in [6, 6.07) is 17.8. The van der Waals surface area contributed by atoms with Crippen molar-refractivity contribution in [3.8, 4) is 17.1 Å². The normalized spacial score (nSPS) is 15.0. The van der Waals surface area contributed by atoms with Gasteiger partial charge in [0.1, 0.15) is 5.75 Å². The summed E-state index contributed by atoms with van der Waals surface area (Å²) in [6.07, 6.45) is 2.55. The molecule has 0 spiro atoms. The molecule has 7 heteroatoms. The van der Waals surface area contributed by atoms with Gasteiger partial charge in [-0.2, -0.15) is 4.98 Å². The first kappa shape index (κ1) is 21.1. The number of nitrogens with zero attached hydrogens (tertiary/aromatic N) is 3. The van der Waals surface area contributed by atoms with Crippen molar-refractivity contribution < 1.29 is 14.1 Å². The Morgan fingerprint density at radius 3 is 2.58 bits per heavy atom. The van der Waals surface area contributed by atoms with E-state index in [0.717, 1.165) is 43.7 Å². The van der Waals surface area contributed by atoms with Gasteiger partial charge in [0, 0.05) is 18.0 Å². The Bertz CT molecular complexity index is 964. The minimum Gasteiger partial charge on any atom is -0.497 e. The third-order valence-corrected chi connectivity index (χ3v) is 5.69. The summed E-state index contributed by atoms with van der Waals surface area (Å²) >= 11 is 0. The molecule has 0 radical (unpaired) electrons. The van der Waals surface area contributed by atoms with Gasteiger partial charge in [-0.1, -0.05) is 35.5 Å². The van der Waals surface area contributed by atoms with Crippen molar-refractivity contribution in [1.82, 2.24) is 20.4 Å². The molecule has 1 amide bonds. The number of ether oxygens (including phenoxy) is 1. The van der Waals surface area contributed by atoms with Crippen molar-refractivity contribution in [2.24, 2.45) is 5.92 Å². The van der Waals surface area contributed by atoms with Gasteiger partial charge in [-0.25, -0.2) is 0 Å². The lowest BCUT2D eigenvalue weighted by Crippen LogP contribution is -2.40. The zero-order valence-corrected chi connectivity index (χ0v) is 17.8. The number of amides is 1. The molecule has 0 aliphatic carbocycles. The molecule has 1 aromatic heterocycles. The van der Waals surface area contributed by atoms with Crippen LogP contribution in [0.2, 0.25) is 0 Å². The first-order valence-electron chi connectivity index (χ1n) is 10.7. The number of likely N-dealkylation sites (tertiary alicyclic amines) is 1. The summed E-state index contributed by atoms with van der Waals surface area (Å²) in [4.78, 5) is 19.3. The zero-order valence-electron chi connectivity index (χ0n) is 17.8. The second kappa shape index (κ2) is 10.2. The fraction of sp³-hybridized carbons (Fsp3) is 0.375. The quantitative estimate of drug-likeness (QED) is 0.602. The highest BCUT2D eigenvalue weighted by atomic mass is 16.5. The third-order valence-electron chi connectivity index (χ3n) is 5.69. The van der Waals surface area contributed by atoms with Gasteiger partial charge >= 0.3 is 0 Å². The molecule has 1 aliphatic heterocycles. The van der Waals surface area contributed by atoms with Crippen LogP contribution in [0.15, 0.2) is 59.1 Å². The molecule has 31 heavy (non-hydrogen) atoms. The van der Waals surface area contributed by atoms with E-state index in [1.165, 1.54) is 5.56 Å². The van der Waals surface area contributed by atoms with E-state index in [2.05, 4.69) is 32.5 Å². The Hall–Kier alpha value is -3.19. The van der Waals surface area contributed by atoms with Crippen LogP contribution in [-0.2, 0) is 17.8 Å². The Morgan fingerprint density at radius 2 is 1.87 bits per heavy atom. The molecule has 1 N–H and O–H groups in total. The number of carbonyl (C=O) groups excluding carboxylic acids is 1. The van der Waals surface area contributed by atoms with E-state index >= 15 is 0 Å². The van der Waals surface area contributed by atoms with E-state index in [0.29, 0.717) is 24.8 Å². The molecule has 1 aliphatic rings. The van der Waals surface area contributed by atoms with Gasteiger partial charge in [0.25, 0.3) is 0 Å². The lowest BCUT2D eigenvalue weighted by Gasteiger charge is -2.30. The maximum absolute atomic E-state index is 12.5. The van der Waals surface area contributed by atoms with Crippen LogP contribution in [-0.4, -0.2) is 47.7 Å². The highest BCUT2D eigenvalue weighted by Crippen LogP contribution is 2.22. The number of nitrogens with one attached hydrogen (secondary N) is 1. The SMILES string of the molecule is COc1ccc(-c2noc(CN3CCC(C(=O)NCCc4ccccc4)CC3)n2)cc1. The van der Waals surface area contributed by atoms with Crippen molar-refractivity contribution in [3.63, 3.8) is 0 Å². The summed E-state index contributed by atoms with van der Waals surface area (Å²) in [5.74, 6) is 2.20. The van der Waals surface area contributed by atoms with Crippen LogP contribution < -0.4 is 10.1 Å². The van der Waals surface area contributed by atoms with E-state index in [9.17, 15) is 4.79 Å². The Labute approximate surface area is 182 Å². The fourth-order valence-electron chi connectivity index (χ4n) is 3.84. The molecular weight excluding hydrogens is 392 g/mol. The first-order chi connectivity index (χ1) is 15.2. The average Bonchev–Trinajstić information content (AvgIpc) is 3.29. The molecule has 0 unspecified atom stereocenters. The minimum atomic E-state index is 0.0737. The molecule has 2 heterocycles. The Balaban J connectivity index is 1.21. The van der Waals surface area contributed by atoms with E-state index < -0.39 is 0 Å². The number of rotatable bonds is 8. The average molecular weight is 421 g/mol. The summed E-state index contributed by atoms with van der Waals surface area (Å²) in [7, 11) is 1.64. The van der Waals surface area contributed by atoms with Crippen molar-refractivity contribution in [3.05, 3.63) is 66.1 Å². The number of hydrogen-bond donors (Lipinski definition) is 1. The fourth-order valence-corrected chi connectivity index (χ4v) is 3.84. The number of hydrogen-bond acceptors (Lipinski definition) is 6. The summed E-state index contributed by atoms with van der Waals surface area (Å²) < 4.78 is 10.6. The maximum atomic E-state index is 12.5. The number of benzene rings is 2. The predicted octanol–water partition coefficient (Wildman–Crippen LogP) is 3.32. The van der Waals surface area contributed by atoms with Gasteiger partial charge in [-0.15, -0.1) is 0 Å². The Kier molecular flexibility index (Phi) is 6.94. The van der Waals surface area contributed by atoms with Gasteiger partial charge in [-0.05, 0) is 62.2 Å². The van der Waals surface area contributed by atoms with Crippen molar-refractivity contribution >= 4 is 5.91 Å². The van der Waals surface area contributed by atoms with Crippen LogP contribution in [0, 0.1) is 5.92 Å². The molecule has 7 nitrogen and oxygen atoms in total. The monoisotopic (exact) mass is 420 g/mol. The predicted molar refractivity (Wildman–Crippen MR) is 117 cm³/mol. The maximum Gasteiger partial charge on any atom is 0.241 e. The molecule has 1 fully saturated rings. The van der Waals surface area contributed by atoms with Gasteiger partial charge in [0.05, 0.1) is 13.7 Å². The largest absolute Gasteiger partial charge is 0.497 e. The molecule has 162 valence electrons. The summed E-state index contributed by atoms with van der Waals surface area (Å²) in [5.41, 5.74) is 2.13. The van der Waals surface area contributed by atoms with Gasteiger partial charge in [-0.3, -0.25) is 9.69 Å². The smallest absolute Gasteiger partial charge is 0.241 e. The van der Waals surface area contributed by atoms with Crippen LogP contribution in [0.1, 0.15) is 24.3 Å². The van der Waals surface area contributed by atoms with Crippen molar-refractivity contribution in [1.29, 1.82) is 0 Å². The number of aromatic nitrogens is 2. The molecule has 0 bridgehead atoms. The first-order valence-corrected chi connectivity index (χ1v) is 10.7. The highest BCUT2D eigenvalue weighted by molar-refractivity contribution is 5.78. The summed E-state index contributed by atoms with van der Waals surface area (Å²) in [6.45, 7) is 2.97. The minimum absolute atomic E-state index is 0.0737. The Morgan fingerprint density at radius 1 is 1.13 bits per heavy atom. The third kappa shape index (κ3) is 5.70. The number of carbonyl (C=O) groups is 1. The van der Waals surface area contributed by atoms with Crippen LogP contribution in [0.25, 0.3) is 11.4 Å². The second-order valence-corrected chi connectivity index (χ2v) is 7.82. The van der Waals surface area contributed by atoms with Crippen molar-refractivity contribution in [2.45, 2.75) is 25.8 Å². The van der Waals surface area contributed by atoms with E-state index in [1.807, 2.05) is 42.5 Å². The van der Waals surface area contributed by atoms with Crippen LogP contribution in [0.4, 0.5) is 0 Å². The van der Waals surface area contributed by atoms with Gasteiger partial charge < -0.3 is 14.6 Å². The van der Waals surface area contributed by atoms with Crippen LogP contribution in [0.5, 0.6) is 5.75 Å². The topological polar surface area (TPSA) is 80.5 Å². The molecule has 0 atom stereocenters. The van der Waals surface area contributed by atoms with Crippen molar-refractivity contribution in [2.75, 3.05) is 26.7 Å². The highest BCUT2D eigenvalue weighted by Gasteiger charge is 2.25. The van der Waals surface area contributed by atoms with Crippen LogP contribution >= 0.6 is 0 Å². The van der Waals surface area contributed by atoms with Gasteiger partial charge in [0.2, 0.25) is 17.6 Å². The van der Waals surface area contributed by atoms with E-state index in [1.54, 1.807) is 7.11 Å². The molecule has 2 aromatic carbocycles. The van der Waals surface area contributed by atoms with Crippen LogP contribution in [0.3, 0.4) is 0 Å². The zero-order chi connectivity index (χ0) is 21.5. The van der Waals surface area contributed by atoms with E-state index in [-0.39, 0.29) is 11.8 Å². The standard InChI is InChI=1S/C24H28N4O3/c1-30-21-9-7-19(8-10-21)23-26-22(31-27-23)17-28-15-12-20(13-16-28)24(29)25-14-11-18-5-3-2-4-6-18/h2-10,20H,11-17H2,1H3,(H,25,29).